The fourth-order valence-corrected chi connectivity index (χ4v) is 6.35. The number of rotatable bonds is 2. The molecule has 0 unspecified atom stereocenters. The second-order valence-corrected chi connectivity index (χ2v) is 12.0. The van der Waals surface area contributed by atoms with Gasteiger partial charge in [0.15, 0.2) is 0 Å². The molecule has 3 aliphatic heterocycles. The van der Waals surface area contributed by atoms with Gasteiger partial charge in [-0.2, -0.15) is 0 Å². The maximum Gasteiger partial charge on any atom is 0.410 e. The monoisotopic (exact) mass is 512 g/mol. The highest BCUT2D eigenvalue weighted by Crippen LogP contribution is 2.47. The third-order valence-corrected chi connectivity index (χ3v) is 8.51. The molecule has 1 spiro atoms. The quantitative estimate of drug-likeness (QED) is 0.609. The summed E-state index contributed by atoms with van der Waals surface area (Å²) < 4.78 is 7.29. The average Bonchev–Trinajstić information content (AvgIpc) is 3.16. The van der Waals surface area contributed by atoms with E-state index in [2.05, 4.69) is 5.32 Å². The van der Waals surface area contributed by atoms with Crippen LogP contribution < -0.4 is 10.9 Å². The van der Waals surface area contributed by atoms with E-state index in [1.807, 2.05) is 20.8 Å². The van der Waals surface area contributed by atoms with E-state index < -0.39 is 17.6 Å². The molecule has 4 amide bonds. The molecule has 37 heavy (non-hydrogen) atoms. The molecule has 0 bridgehead atoms. The summed E-state index contributed by atoms with van der Waals surface area (Å²) in [6.07, 6.45) is 7.53. The normalized spacial score (nSPS) is 24.3. The van der Waals surface area contributed by atoms with Crippen molar-refractivity contribution in [3.8, 4) is 0 Å². The summed E-state index contributed by atoms with van der Waals surface area (Å²) in [5, 5.41) is 2.29. The Bertz CT molecular complexity index is 1180. The minimum atomic E-state index is -0.730. The Balaban J connectivity index is 1.22. The number of amides is 4. The maximum atomic E-state index is 13.4. The van der Waals surface area contributed by atoms with Gasteiger partial charge in [-0.25, -0.2) is 4.79 Å². The smallest absolute Gasteiger partial charge is 0.410 e. The average molecular weight is 513 g/mol. The summed E-state index contributed by atoms with van der Waals surface area (Å²) in [6.45, 7) is 7.10. The van der Waals surface area contributed by atoms with Crippen LogP contribution in [0.25, 0.3) is 0 Å². The molecule has 0 aromatic carbocycles. The maximum absolute atomic E-state index is 13.4. The van der Waals surface area contributed by atoms with Crippen molar-refractivity contribution in [1.29, 1.82) is 0 Å². The van der Waals surface area contributed by atoms with Crippen molar-refractivity contribution in [2.75, 3.05) is 13.1 Å². The molecule has 1 aliphatic carbocycles. The van der Waals surface area contributed by atoms with E-state index in [-0.39, 0.29) is 54.3 Å². The zero-order valence-corrected chi connectivity index (χ0v) is 21.9. The van der Waals surface area contributed by atoms with Crippen molar-refractivity contribution >= 4 is 23.8 Å². The van der Waals surface area contributed by atoms with E-state index >= 15 is 0 Å². The number of ether oxygens (including phenoxy) is 1. The predicted molar refractivity (Wildman–Crippen MR) is 134 cm³/mol. The molecule has 10 nitrogen and oxygen atoms in total. The van der Waals surface area contributed by atoms with Gasteiger partial charge in [-0.3, -0.25) is 24.5 Å². The molecule has 1 atom stereocenters. The summed E-state index contributed by atoms with van der Waals surface area (Å²) in [4.78, 5) is 65.9. The predicted octanol–water partition coefficient (Wildman–Crippen LogP) is 2.74. The molecule has 4 aliphatic rings. The van der Waals surface area contributed by atoms with Crippen LogP contribution in [0.4, 0.5) is 4.79 Å². The Hall–Kier alpha value is -3.17. The number of imide groups is 1. The van der Waals surface area contributed by atoms with E-state index in [1.165, 1.54) is 4.90 Å². The van der Waals surface area contributed by atoms with Crippen molar-refractivity contribution in [3.63, 3.8) is 0 Å². The van der Waals surface area contributed by atoms with E-state index in [4.69, 9.17) is 4.74 Å². The number of carbonyl (C=O) groups is 4. The van der Waals surface area contributed by atoms with Gasteiger partial charge in [0.2, 0.25) is 11.8 Å². The van der Waals surface area contributed by atoms with Gasteiger partial charge in [-0.05, 0) is 77.2 Å². The van der Waals surface area contributed by atoms with Gasteiger partial charge in [0.1, 0.15) is 11.6 Å². The summed E-state index contributed by atoms with van der Waals surface area (Å²) >= 11 is 0. The van der Waals surface area contributed by atoms with E-state index in [0.29, 0.717) is 24.2 Å². The molecular weight excluding hydrogens is 476 g/mol. The van der Waals surface area contributed by atoms with Gasteiger partial charge in [0.05, 0.1) is 12.1 Å². The zero-order chi connectivity index (χ0) is 26.5. The molecule has 1 N–H and O–H groups in total. The van der Waals surface area contributed by atoms with Crippen LogP contribution in [0.15, 0.2) is 17.1 Å². The van der Waals surface area contributed by atoms with Crippen molar-refractivity contribution in [3.05, 3.63) is 33.7 Å². The zero-order valence-electron chi connectivity index (χ0n) is 21.9. The first-order valence-corrected chi connectivity index (χ1v) is 13.3. The second-order valence-electron chi connectivity index (χ2n) is 12.0. The molecule has 4 heterocycles. The Labute approximate surface area is 216 Å². The van der Waals surface area contributed by atoms with Crippen LogP contribution in [-0.4, -0.2) is 62.9 Å². The van der Waals surface area contributed by atoms with Gasteiger partial charge in [-0.15, -0.1) is 0 Å². The molecule has 5 rings (SSSR count). The highest BCUT2D eigenvalue weighted by Gasteiger charge is 2.42. The van der Waals surface area contributed by atoms with Crippen LogP contribution in [-0.2, 0) is 20.9 Å². The summed E-state index contributed by atoms with van der Waals surface area (Å²) in [5.41, 5.74) is 0.308. The number of nitrogens with zero attached hydrogens (tertiary/aromatic N) is 3. The second kappa shape index (κ2) is 9.29. The number of hydrogen-bond donors (Lipinski definition) is 1. The molecule has 10 heteroatoms. The van der Waals surface area contributed by atoms with Crippen molar-refractivity contribution in [1.82, 2.24) is 19.7 Å². The fraction of sp³-hybridized carbons (Fsp3) is 0.667. The fourth-order valence-electron chi connectivity index (χ4n) is 6.35. The first-order valence-electron chi connectivity index (χ1n) is 13.3. The van der Waals surface area contributed by atoms with Crippen molar-refractivity contribution in [2.45, 2.75) is 96.4 Å². The molecular formula is C27H36N4O6. The van der Waals surface area contributed by atoms with Crippen LogP contribution in [0, 0.1) is 5.41 Å². The Morgan fingerprint density at radius 3 is 2.32 bits per heavy atom. The van der Waals surface area contributed by atoms with Gasteiger partial charge in [-0.1, -0.05) is 0 Å². The third kappa shape index (κ3) is 4.90. The summed E-state index contributed by atoms with van der Waals surface area (Å²) in [5.74, 6) is -1.14. The SMILES string of the molecule is CC(C)(C)OC(=O)N1CCC2(CCC(n3ccc4c(c3=O)CN([C@H]3CCC(=O)NC3=O)C4=O)CC2)CC1. The standard InChI is InChI=1S/C27H36N4O6/c1-26(2,3)37-25(36)29-14-11-27(12-15-29)9-6-17(7-10-27)30-13-8-18-19(24(30)35)16-31(23(18)34)20-4-5-21(32)28-22(20)33/h8,13,17,20H,4-7,9-12,14-16H2,1-3H3,(H,28,32,33)/t20-/m0/s1. The largest absolute Gasteiger partial charge is 0.444 e. The molecule has 2 saturated heterocycles. The number of likely N-dealkylation sites (tertiary alicyclic amines) is 1. The lowest BCUT2D eigenvalue weighted by atomic mass is 9.67. The van der Waals surface area contributed by atoms with Gasteiger partial charge < -0.3 is 19.1 Å². The molecule has 3 fully saturated rings. The van der Waals surface area contributed by atoms with Crippen LogP contribution in [0.2, 0.25) is 0 Å². The minimum Gasteiger partial charge on any atom is -0.444 e. The van der Waals surface area contributed by atoms with Crippen LogP contribution in [0.3, 0.4) is 0 Å². The van der Waals surface area contributed by atoms with Gasteiger partial charge in [0, 0.05) is 37.3 Å². The number of hydrogen-bond acceptors (Lipinski definition) is 6. The highest BCUT2D eigenvalue weighted by molar-refractivity contribution is 6.05. The van der Waals surface area contributed by atoms with E-state index in [0.717, 1.165) is 38.5 Å². The Kier molecular flexibility index (Phi) is 6.40. The summed E-state index contributed by atoms with van der Waals surface area (Å²) in [7, 11) is 0. The van der Waals surface area contributed by atoms with Gasteiger partial charge in [0.25, 0.3) is 11.5 Å². The lowest BCUT2D eigenvalue weighted by molar-refractivity contribution is -0.136. The molecule has 1 aromatic rings. The number of piperidine rings is 2. The summed E-state index contributed by atoms with van der Waals surface area (Å²) in [6, 6.07) is 1.04. The third-order valence-electron chi connectivity index (χ3n) is 8.51. The topological polar surface area (TPSA) is 118 Å². The lowest BCUT2D eigenvalue weighted by Gasteiger charge is -2.46. The number of nitrogens with one attached hydrogen (secondary N) is 1. The van der Waals surface area contributed by atoms with Crippen LogP contribution in [0.5, 0.6) is 0 Å². The Morgan fingerprint density at radius 1 is 1.03 bits per heavy atom. The minimum absolute atomic E-state index is 0.0621. The van der Waals surface area contributed by atoms with Crippen LogP contribution >= 0.6 is 0 Å². The number of pyridine rings is 1. The first-order chi connectivity index (χ1) is 17.5. The first kappa shape index (κ1) is 25.5. The molecule has 1 saturated carbocycles. The number of fused-ring (bicyclic) bond motifs is 1. The number of aromatic nitrogens is 1. The number of carbonyl (C=O) groups excluding carboxylic acids is 4. The molecule has 200 valence electrons. The van der Waals surface area contributed by atoms with Crippen LogP contribution in [0.1, 0.15) is 94.1 Å². The molecule has 0 radical (unpaired) electrons. The molecule has 1 aromatic heterocycles. The van der Waals surface area contributed by atoms with Gasteiger partial charge >= 0.3 is 6.09 Å². The highest BCUT2D eigenvalue weighted by atomic mass is 16.6. The van der Waals surface area contributed by atoms with Crippen molar-refractivity contribution in [2.24, 2.45) is 5.41 Å². The Morgan fingerprint density at radius 2 is 1.70 bits per heavy atom. The van der Waals surface area contributed by atoms with E-state index in [1.54, 1.807) is 21.7 Å². The van der Waals surface area contributed by atoms with E-state index in [9.17, 15) is 24.0 Å². The lowest BCUT2D eigenvalue weighted by Crippen LogP contribution is -2.52. The van der Waals surface area contributed by atoms with Crippen molar-refractivity contribution < 1.29 is 23.9 Å².